The number of fused-ring (bicyclic) bond motifs is 4. The van der Waals surface area contributed by atoms with Crippen LogP contribution < -0.4 is 15.8 Å². The van der Waals surface area contributed by atoms with Gasteiger partial charge in [0.05, 0.1) is 30.1 Å². The quantitative estimate of drug-likeness (QED) is 0.149. The Hall–Kier alpha value is -6.81. The molecule has 278 valence electrons. The molecule has 0 aliphatic carbocycles. The molecule has 9 rings (SSSR count). The molecular weight excluding hydrogens is 709 g/mol. The van der Waals surface area contributed by atoms with E-state index in [-0.39, 0.29) is 19.8 Å². The number of aliphatic hydroxyl groups excluding tert-OH is 1. The fourth-order valence-electron chi connectivity index (χ4n) is 8.92. The number of hydrogen-bond donors (Lipinski definition) is 3. The van der Waals surface area contributed by atoms with Crippen LogP contribution in [0.25, 0.3) is 11.0 Å². The summed E-state index contributed by atoms with van der Waals surface area (Å²) < 4.78 is 14.2. The number of aromatic nitrogens is 3. The predicted octanol–water partition coefficient (Wildman–Crippen LogP) is 4.61. The summed E-state index contributed by atoms with van der Waals surface area (Å²) in [6, 6.07) is 36.2. The Kier molecular flexibility index (Phi) is 8.80. The number of primary amides is 1. The van der Waals surface area contributed by atoms with Crippen molar-refractivity contribution in [1.82, 2.24) is 19.9 Å². The summed E-state index contributed by atoms with van der Waals surface area (Å²) in [4.78, 5) is 45.8. The van der Waals surface area contributed by atoms with Crippen LogP contribution in [0, 0.1) is 17.8 Å². The first-order valence-corrected chi connectivity index (χ1v) is 18.3. The number of carbonyl (C=O) groups is 3. The number of aliphatic hydroxyl groups is 1. The maximum Gasteiger partial charge on any atom is 0.324 e. The highest BCUT2D eigenvalue weighted by molar-refractivity contribution is 6.12. The van der Waals surface area contributed by atoms with Crippen molar-refractivity contribution in [1.29, 1.82) is 0 Å². The standard InChI is InChI=1S/C44H36N6O6/c45-41(52)36-38-42(53)56-39(29-15-5-2-6-16-29)37(28-13-3-1-4-14-28)50(38)40(30-17-7-10-20-35(30)55-25-24-51)44(36)31-26-27(21-22-32(31)46-43(44)54)12-11-23-49-34-19-9-8-18-33(34)47-48-49/h1-10,13-22,26,36-40,51H,23-25H2,(H2,45,52)(H,46,54)/t36-,37-,38-,39+,40+,44-/m1/s1. The largest absolute Gasteiger partial charge is 0.491 e. The van der Waals surface area contributed by atoms with E-state index in [0.717, 1.165) is 22.2 Å². The summed E-state index contributed by atoms with van der Waals surface area (Å²) in [6.45, 7) is -0.0334. The fourth-order valence-corrected chi connectivity index (χ4v) is 8.92. The van der Waals surface area contributed by atoms with Crippen molar-refractivity contribution < 1.29 is 29.0 Å². The van der Waals surface area contributed by atoms with E-state index in [2.05, 4.69) is 27.5 Å². The van der Waals surface area contributed by atoms with Crippen molar-refractivity contribution in [2.45, 2.75) is 36.2 Å². The molecule has 4 N–H and O–H groups in total. The molecule has 56 heavy (non-hydrogen) atoms. The molecule has 3 aliphatic rings. The number of nitrogens with zero attached hydrogens (tertiary/aromatic N) is 4. The van der Waals surface area contributed by atoms with Crippen LogP contribution in [-0.4, -0.2) is 62.0 Å². The number of morpholine rings is 1. The van der Waals surface area contributed by atoms with Crippen LogP contribution >= 0.6 is 0 Å². The molecule has 0 radical (unpaired) electrons. The molecule has 2 fully saturated rings. The first kappa shape index (κ1) is 34.9. The van der Waals surface area contributed by atoms with Crippen molar-refractivity contribution in [3.8, 4) is 17.6 Å². The minimum absolute atomic E-state index is 0.0280. The average molecular weight is 745 g/mol. The van der Waals surface area contributed by atoms with Crippen LogP contribution in [0.1, 0.15) is 46.0 Å². The van der Waals surface area contributed by atoms with E-state index in [1.54, 1.807) is 35.0 Å². The minimum atomic E-state index is -1.76. The van der Waals surface area contributed by atoms with E-state index in [4.69, 9.17) is 15.2 Å². The lowest BCUT2D eigenvalue weighted by Gasteiger charge is -2.46. The Morgan fingerprint density at radius 1 is 0.893 bits per heavy atom. The number of hydrogen-bond acceptors (Lipinski definition) is 9. The Bertz CT molecular complexity index is 2550. The highest BCUT2D eigenvalue weighted by Crippen LogP contribution is 2.65. The lowest BCUT2D eigenvalue weighted by molar-refractivity contribution is -0.178. The number of carbonyl (C=O) groups excluding carboxylic acids is 3. The van der Waals surface area contributed by atoms with Gasteiger partial charge in [0.2, 0.25) is 11.8 Å². The number of anilines is 1. The van der Waals surface area contributed by atoms with Gasteiger partial charge in [0.25, 0.3) is 0 Å². The Labute approximate surface area is 321 Å². The third kappa shape index (κ3) is 5.51. The number of benzene rings is 5. The normalized spacial score (nSPS) is 23.8. The molecule has 12 nitrogen and oxygen atoms in total. The van der Waals surface area contributed by atoms with Gasteiger partial charge in [0.15, 0.2) is 0 Å². The molecule has 1 aromatic heterocycles. The van der Waals surface area contributed by atoms with Gasteiger partial charge in [0, 0.05) is 16.8 Å². The molecule has 0 unspecified atom stereocenters. The van der Waals surface area contributed by atoms with E-state index in [0.29, 0.717) is 28.1 Å². The summed E-state index contributed by atoms with van der Waals surface area (Å²) in [5.41, 5.74) is 9.81. The van der Waals surface area contributed by atoms with Crippen LogP contribution in [0.15, 0.2) is 127 Å². The molecular formula is C44H36N6O6. The van der Waals surface area contributed by atoms with Crippen molar-refractivity contribution in [3.63, 3.8) is 0 Å². The first-order valence-electron chi connectivity index (χ1n) is 18.3. The second-order valence-corrected chi connectivity index (χ2v) is 14.0. The van der Waals surface area contributed by atoms with Crippen LogP contribution in [0.2, 0.25) is 0 Å². The maximum absolute atomic E-state index is 15.1. The van der Waals surface area contributed by atoms with Gasteiger partial charge in [-0.25, -0.2) is 4.68 Å². The number of nitrogens with two attached hydrogens (primary N) is 1. The van der Waals surface area contributed by atoms with Crippen molar-refractivity contribution in [3.05, 3.63) is 155 Å². The fraction of sp³-hybridized carbons (Fsp3) is 0.205. The summed E-state index contributed by atoms with van der Waals surface area (Å²) >= 11 is 0. The van der Waals surface area contributed by atoms with E-state index >= 15 is 4.79 Å². The molecule has 2 saturated heterocycles. The van der Waals surface area contributed by atoms with Gasteiger partial charge in [-0.1, -0.05) is 108 Å². The molecule has 12 heteroatoms. The summed E-state index contributed by atoms with van der Waals surface area (Å²) in [5, 5.41) is 21.3. The van der Waals surface area contributed by atoms with Gasteiger partial charge >= 0.3 is 5.97 Å². The Morgan fingerprint density at radius 3 is 2.38 bits per heavy atom. The number of nitrogens with one attached hydrogen (secondary N) is 1. The Balaban J connectivity index is 1.27. The van der Waals surface area contributed by atoms with E-state index in [9.17, 15) is 14.7 Å². The second-order valence-electron chi connectivity index (χ2n) is 14.0. The summed E-state index contributed by atoms with van der Waals surface area (Å²) in [5.74, 6) is 3.38. The van der Waals surface area contributed by atoms with E-state index in [1.165, 1.54) is 0 Å². The smallest absolute Gasteiger partial charge is 0.324 e. The number of cyclic esters (lactones) is 1. The van der Waals surface area contributed by atoms with Gasteiger partial charge in [-0.3, -0.25) is 19.3 Å². The number of ether oxygens (including phenoxy) is 2. The SMILES string of the molecule is NC(=O)[C@H]1[C@@H]2C(=O)O[C@@H](c3ccccc3)[C@@H](c3ccccc3)N2[C@@H](c2ccccc2OCCO)[C@]12C(=O)Nc1ccc(C#CCn3nnc4ccccc43)cc12. The molecule has 1 spiro atoms. The third-order valence-corrected chi connectivity index (χ3v) is 11.1. The minimum Gasteiger partial charge on any atom is -0.491 e. The number of amides is 2. The molecule has 5 aromatic carbocycles. The topological polar surface area (TPSA) is 162 Å². The molecule has 2 amide bonds. The van der Waals surface area contributed by atoms with Gasteiger partial charge < -0.3 is 25.6 Å². The lowest BCUT2D eigenvalue weighted by atomic mass is 9.65. The molecule has 0 bridgehead atoms. The molecule has 6 aromatic rings. The second kappa shape index (κ2) is 14.1. The van der Waals surface area contributed by atoms with Crippen LogP contribution in [0.4, 0.5) is 5.69 Å². The van der Waals surface area contributed by atoms with Gasteiger partial charge in [0.1, 0.15) is 42.0 Å². The predicted molar refractivity (Wildman–Crippen MR) is 206 cm³/mol. The average Bonchev–Trinajstić information content (AvgIpc) is 3.88. The number of esters is 1. The highest BCUT2D eigenvalue weighted by Gasteiger charge is 2.74. The first-order chi connectivity index (χ1) is 27.4. The highest BCUT2D eigenvalue weighted by atomic mass is 16.6. The third-order valence-electron chi connectivity index (χ3n) is 11.1. The van der Waals surface area contributed by atoms with E-state index < -0.39 is 53.3 Å². The molecule has 0 saturated carbocycles. The van der Waals surface area contributed by atoms with Gasteiger partial charge in [-0.2, -0.15) is 0 Å². The van der Waals surface area contributed by atoms with E-state index in [1.807, 2.05) is 102 Å². The van der Waals surface area contributed by atoms with Gasteiger partial charge in [-0.05, 0) is 53.1 Å². The van der Waals surface area contributed by atoms with Crippen molar-refractivity contribution in [2.24, 2.45) is 11.7 Å². The summed E-state index contributed by atoms with van der Waals surface area (Å²) in [6.07, 6.45) is -0.826. The number of rotatable bonds is 8. The maximum atomic E-state index is 15.1. The molecule has 6 atom stereocenters. The van der Waals surface area contributed by atoms with Crippen LogP contribution in [0.5, 0.6) is 5.75 Å². The van der Waals surface area contributed by atoms with Crippen molar-refractivity contribution >= 4 is 34.5 Å². The monoisotopic (exact) mass is 744 g/mol. The van der Waals surface area contributed by atoms with Crippen LogP contribution in [0.3, 0.4) is 0 Å². The van der Waals surface area contributed by atoms with Gasteiger partial charge in [-0.15, -0.1) is 5.10 Å². The van der Waals surface area contributed by atoms with Crippen molar-refractivity contribution in [2.75, 3.05) is 18.5 Å². The number of para-hydroxylation sites is 2. The molecule has 4 heterocycles. The lowest BCUT2D eigenvalue weighted by Crippen LogP contribution is -2.53. The van der Waals surface area contributed by atoms with Crippen LogP contribution in [-0.2, 0) is 31.1 Å². The summed E-state index contributed by atoms with van der Waals surface area (Å²) in [7, 11) is 0. The zero-order valence-electron chi connectivity index (χ0n) is 30.0. The zero-order valence-corrected chi connectivity index (χ0v) is 30.0. The zero-order chi connectivity index (χ0) is 38.4. The molecule has 3 aliphatic heterocycles. The Morgan fingerprint density at radius 2 is 1.61 bits per heavy atom.